The number of nitrogens with one attached hydrogen (secondary N) is 1. The Hall–Kier alpha value is -2.16. The van der Waals surface area contributed by atoms with Gasteiger partial charge in [0.05, 0.1) is 0 Å². The maximum Gasteiger partial charge on any atom is 0.408 e. The highest BCUT2D eigenvalue weighted by atomic mass is 16.8. The number of carbonyl (C=O) groups is 2. The van der Waals surface area contributed by atoms with Gasteiger partial charge in [-0.05, 0) is 19.4 Å². The normalized spacial score (nSPS) is 35.0. The zero-order valence-corrected chi connectivity index (χ0v) is 13.8. The number of hydrogen-bond acceptors (Lipinski definition) is 7. The molecule has 3 aliphatic heterocycles. The first kappa shape index (κ1) is 16.3. The maximum absolute atomic E-state index is 12.1. The summed E-state index contributed by atoms with van der Waals surface area (Å²) < 4.78 is 27.5. The molecule has 0 aromatic heterocycles. The molecule has 0 unspecified atom stereocenters. The number of rotatable bonds is 3. The predicted molar refractivity (Wildman–Crippen MR) is 82.1 cm³/mol. The van der Waals surface area contributed by atoms with Crippen LogP contribution in [0.1, 0.15) is 19.4 Å². The Morgan fingerprint density at radius 3 is 2.68 bits per heavy atom. The van der Waals surface area contributed by atoms with Crippen LogP contribution in [0.15, 0.2) is 30.3 Å². The highest BCUT2D eigenvalue weighted by molar-refractivity contribution is 5.84. The van der Waals surface area contributed by atoms with Crippen LogP contribution in [0.25, 0.3) is 0 Å². The second-order valence-corrected chi connectivity index (χ2v) is 6.65. The minimum absolute atomic E-state index is 0.106. The summed E-state index contributed by atoms with van der Waals surface area (Å²) >= 11 is 0. The minimum atomic E-state index is -0.950. The smallest absolute Gasteiger partial charge is 0.408 e. The summed E-state index contributed by atoms with van der Waals surface area (Å²) in [5.41, 5.74) is 0.847. The van der Waals surface area contributed by atoms with E-state index in [1.54, 1.807) is 13.8 Å². The molecule has 25 heavy (non-hydrogen) atoms. The lowest BCUT2D eigenvalue weighted by Crippen LogP contribution is -2.47. The molecule has 8 nitrogen and oxygen atoms in total. The van der Waals surface area contributed by atoms with Gasteiger partial charge in [0.1, 0.15) is 12.7 Å². The molecular weight excluding hydrogens is 330 g/mol. The van der Waals surface area contributed by atoms with Crippen LogP contribution in [0.5, 0.6) is 0 Å². The Balaban J connectivity index is 1.36. The van der Waals surface area contributed by atoms with Gasteiger partial charge < -0.3 is 29.0 Å². The molecule has 134 valence electrons. The van der Waals surface area contributed by atoms with E-state index >= 15 is 0 Å². The lowest BCUT2D eigenvalue weighted by Gasteiger charge is -2.22. The van der Waals surface area contributed by atoms with E-state index in [-0.39, 0.29) is 6.61 Å². The van der Waals surface area contributed by atoms with E-state index in [0.29, 0.717) is 0 Å². The monoisotopic (exact) mass is 349 g/mol. The molecule has 5 atom stereocenters. The highest BCUT2D eigenvalue weighted by Crippen LogP contribution is 2.42. The molecule has 3 heterocycles. The third-order valence-electron chi connectivity index (χ3n) is 4.35. The van der Waals surface area contributed by atoms with Crippen molar-refractivity contribution in [3.63, 3.8) is 0 Å². The molecule has 8 heteroatoms. The van der Waals surface area contributed by atoms with Crippen molar-refractivity contribution >= 4 is 12.1 Å². The molecule has 1 amide bonds. The fourth-order valence-electron chi connectivity index (χ4n) is 3.28. The summed E-state index contributed by atoms with van der Waals surface area (Å²) in [6.45, 7) is 3.63. The number of alkyl carbamates (subject to hydrolysis) is 1. The summed E-state index contributed by atoms with van der Waals surface area (Å²) in [5, 5.41) is 2.51. The van der Waals surface area contributed by atoms with Crippen molar-refractivity contribution in [2.24, 2.45) is 0 Å². The summed E-state index contributed by atoms with van der Waals surface area (Å²) in [6, 6.07) is 8.30. The molecule has 0 saturated carbocycles. The first-order chi connectivity index (χ1) is 11.9. The van der Waals surface area contributed by atoms with Crippen molar-refractivity contribution in [2.45, 2.75) is 56.9 Å². The Kier molecular flexibility index (Phi) is 3.90. The van der Waals surface area contributed by atoms with Crippen molar-refractivity contribution in [2.75, 3.05) is 0 Å². The molecule has 0 spiro atoms. The van der Waals surface area contributed by atoms with Gasteiger partial charge in [0, 0.05) is 0 Å². The number of esters is 1. The first-order valence-corrected chi connectivity index (χ1v) is 8.12. The fourth-order valence-corrected chi connectivity index (χ4v) is 3.28. The number of hydrogen-bond donors (Lipinski definition) is 1. The van der Waals surface area contributed by atoms with Crippen LogP contribution in [-0.2, 0) is 35.1 Å². The number of benzene rings is 1. The molecule has 3 aliphatic rings. The number of fused-ring (bicyclic) bond motifs is 3. The van der Waals surface area contributed by atoms with E-state index in [4.69, 9.17) is 23.7 Å². The number of amides is 1. The van der Waals surface area contributed by atoms with Crippen LogP contribution >= 0.6 is 0 Å². The molecule has 4 rings (SSSR count). The van der Waals surface area contributed by atoms with E-state index in [0.717, 1.165) is 5.56 Å². The van der Waals surface area contributed by atoms with E-state index in [9.17, 15) is 9.59 Å². The zero-order chi connectivity index (χ0) is 17.6. The Morgan fingerprint density at radius 2 is 1.92 bits per heavy atom. The molecule has 3 saturated heterocycles. The molecule has 0 radical (unpaired) electrons. The minimum Gasteiger partial charge on any atom is -0.455 e. The topological polar surface area (TPSA) is 92.3 Å². The standard InChI is InChI=1S/C17H19NO7/c1-17(2)24-13-12-11(23-15(13)25-17)10(14(19)22-12)18-16(20)21-8-9-6-4-3-5-7-9/h3-7,10-13,15H,8H2,1-2H3,(H,18,20)/t10-,11-,12+,13-,15-/m1/s1. The quantitative estimate of drug-likeness (QED) is 0.817. The van der Waals surface area contributed by atoms with Crippen molar-refractivity contribution < 1.29 is 33.3 Å². The Labute approximate surface area is 144 Å². The van der Waals surface area contributed by atoms with Gasteiger partial charge >= 0.3 is 12.1 Å². The molecule has 1 aromatic carbocycles. The predicted octanol–water partition coefficient (Wildman–Crippen LogP) is 1.08. The van der Waals surface area contributed by atoms with Gasteiger partial charge in [0.2, 0.25) is 0 Å². The van der Waals surface area contributed by atoms with Crippen LogP contribution in [0, 0.1) is 0 Å². The van der Waals surface area contributed by atoms with Crippen LogP contribution in [0.2, 0.25) is 0 Å². The highest BCUT2D eigenvalue weighted by Gasteiger charge is 2.63. The SMILES string of the molecule is CC1(C)O[C@H]2O[C@H]3[C@H](OC(=O)[C@@H]3NC(=O)OCc3ccccc3)[C@H]2O1. The zero-order valence-electron chi connectivity index (χ0n) is 13.8. The van der Waals surface area contributed by atoms with Gasteiger partial charge in [-0.3, -0.25) is 0 Å². The Bertz CT molecular complexity index is 677. The van der Waals surface area contributed by atoms with Crippen molar-refractivity contribution in [1.82, 2.24) is 5.32 Å². The summed E-state index contributed by atoms with van der Waals surface area (Å²) in [6.07, 6.45) is -3.12. The molecule has 1 N–H and O–H groups in total. The second-order valence-electron chi connectivity index (χ2n) is 6.65. The molecule has 0 aliphatic carbocycles. The lowest BCUT2D eigenvalue weighted by molar-refractivity contribution is -0.210. The van der Waals surface area contributed by atoms with Gasteiger partial charge in [-0.15, -0.1) is 0 Å². The summed E-state index contributed by atoms with van der Waals surface area (Å²) in [7, 11) is 0. The van der Waals surface area contributed by atoms with Gasteiger partial charge in [0.15, 0.2) is 30.3 Å². The summed E-state index contributed by atoms with van der Waals surface area (Å²) in [4.78, 5) is 24.1. The second kappa shape index (κ2) is 5.98. The Morgan fingerprint density at radius 1 is 1.16 bits per heavy atom. The van der Waals surface area contributed by atoms with Crippen LogP contribution in [0.3, 0.4) is 0 Å². The van der Waals surface area contributed by atoms with Gasteiger partial charge in [-0.1, -0.05) is 30.3 Å². The molecule has 1 aromatic rings. The number of carbonyl (C=O) groups excluding carboxylic acids is 2. The largest absolute Gasteiger partial charge is 0.455 e. The molecule has 0 bridgehead atoms. The van der Waals surface area contributed by atoms with E-state index in [1.807, 2.05) is 30.3 Å². The average molecular weight is 349 g/mol. The third-order valence-corrected chi connectivity index (χ3v) is 4.35. The first-order valence-electron chi connectivity index (χ1n) is 8.12. The van der Waals surface area contributed by atoms with E-state index < -0.39 is 48.5 Å². The molecule has 3 fully saturated rings. The van der Waals surface area contributed by atoms with Gasteiger partial charge in [0.25, 0.3) is 0 Å². The van der Waals surface area contributed by atoms with Crippen LogP contribution in [0.4, 0.5) is 4.79 Å². The lowest BCUT2D eigenvalue weighted by atomic mass is 10.1. The molecular formula is C17H19NO7. The maximum atomic E-state index is 12.1. The van der Waals surface area contributed by atoms with Crippen molar-refractivity contribution in [3.05, 3.63) is 35.9 Å². The van der Waals surface area contributed by atoms with Crippen LogP contribution < -0.4 is 5.32 Å². The fraction of sp³-hybridized carbons (Fsp3) is 0.529. The van der Waals surface area contributed by atoms with Gasteiger partial charge in [-0.25, -0.2) is 9.59 Å². The number of ether oxygens (including phenoxy) is 5. The van der Waals surface area contributed by atoms with Crippen molar-refractivity contribution in [3.8, 4) is 0 Å². The third kappa shape index (κ3) is 3.08. The average Bonchev–Trinajstić information content (AvgIpc) is 3.14. The van der Waals surface area contributed by atoms with Crippen LogP contribution in [-0.4, -0.2) is 48.5 Å². The van der Waals surface area contributed by atoms with Crippen molar-refractivity contribution in [1.29, 1.82) is 0 Å². The summed E-state index contributed by atoms with van der Waals surface area (Å²) in [5.74, 6) is -1.37. The van der Waals surface area contributed by atoms with E-state index in [2.05, 4.69) is 5.32 Å². The van der Waals surface area contributed by atoms with E-state index in [1.165, 1.54) is 0 Å². The van der Waals surface area contributed by atoms with Gasteiger partial charge in [-0.2, -0.15) is 0 Å².